The Kier molecular flexibility index (Phi) is 10.2. The Morgan fingerprint density at radius 1 is 0.894 bits per heavy atom. The zero-order valence-corrected chi connectivity index (χ0v) is 27.1. The van der Waals surface area contributed by atoms with Crippen LogP contribution >= 0.6 is 0 Å². The van der Waals surface area contributed by atoms with Gasteiger partial charge in [-0.2, -0.15) is 0 Å². The number of benzene rings is 3. The molecule has 3 aromatic carbocycles. The molecule has 0 aliphatic carbocycles. The first-order valence-electron chi connectivity index (χ1n) is 16.5. The number of unbranched alkanes of at least 4 members (excludes halogenated alkanes) is 5. The van der Waals surface area contributed by atoms with Crippen molar-refractivity contribution in [2.45, 2.75) is 70.9 Å². The summed E-state index contributed by atoms with van der Waals surface area (Å²) in [7, 11) is 1.59. The highest BCUT2D eigenvalue weighted by molar-refractivity contribution is 6.03. The summed E-state index contributed by atoms with van der Waals surface area (Å²) < 4.78 is 19.2. The van der Waals surface area contributed by atoms with Gasteiger partial charge >= 0.3 is 0 Å². The molecule has 6 rings (SSSR count). The van der Waals surface area contributed by atoms with E-state index in [9.17, 15) is 14.7 Å². The maximum absolute atomic E-state index is 13.4. The van der Waals surface area contributed by atoms with Crippen LogP contribution in [0.3, 0.4) is 0 Å². The largest absolute Gasteiger partial charge is 0.494 e. The number of nitrogens with zero attached hydrogens (tertiary/aromatic N) is 4. The van der Waals surface area contributed by atoms with E-state index in [1.54, 1.807) is 35.9 Å². The molecule has 246 valence electrons. The molecule has 1 saturated heterocycles. The Morgan fingerprint density at radius 3 is 2.38 bits per heavy atom. The van der Waals surface area contributed by atoms with Gasteiger partial charge in [-0.05, 0) is 74.6 Å². The molecule has 0 saturated carbocycles. The molecule has 2 aliphatic heterocycles. The lowest BCUT2D eigenvalue weighted by Crippen LogP contribution is -2.35. The molecule has 1 amide bonds. The van der Waals surface area contributed by atoms with E-state index in [1.165, 1.54) is 0 Å². The fourth-order valence-electron chi connectivity index (χ4n) is 6.32. The standard InChI is InChI=1S/C37H42N4O6/c1-25-39-32-16-15-29(20-30(32)37(44)41(25)27-13-11-26(24-42)12-14-27)46-18-7-5-3-4-6-8-19-47-35-22-33-31(21-34(35)45-2)36(43)40-17-9-10-28(40)23-38-33/h11-16,20-23,28,42H,3-10,17-19,24H2,1-2H3/t28-/m0/s1. The van der Waals surface area contributed by atoms with Gasteiger partial charge in [-0.15, -0.1) is 0 Å². The van der Waals surface area contributed by atoms with E-state index < -0.39 is 0 Å². The van der Waals surface area contributed by atoms with E-state index in [2.05, 4.69) is 9.98 Å². The Bertz CT molecular complexity index is 1820. The van der Waals surface area contributed by atoms with Crippen LogP contribution < -0.4 is 19.8 Å². The summed E-state index contributed by atoms with van der Waals surface area (Å²) in [5.74, 6) is 2.43. The summed E-state index contributed by atoms with van der Waals surface area (Å²) >= 11 is 0. The molecule has 0 radical (unpaired) electrons. The minimum atomic E-state index is -0.150. The van der Waals surface area contributed by atoms with E-state index in [0.29, 0.717) is 64.1 Å². The minimum Gasteiger partial charge on any atom is -0.494 e. The molecular formula is C37H42N4O6. The molecule has 47 heavy (non-hydrogen) atoms. The van der Waals surface area contributed by atoms with Gasteiger partial charge < -0.3 is 24.2 Å². The van der Waals surface area contributed by atoms with Crippen molar-refractivity contribution in [2.24, 2.45) is 4.99 Å². The van der Waals surface area contributed by atoms with Crippen LogP contribution in [0.15, 0.2) is 64.4 Å². The molecule has 1 atom stereocenters. The van der Waals surface area contributed by atoms with Crippen molar-refractivity contribution in [2.75, 3.05) is 26.9 Å². The molecule has 1 fully saturated rings. The lowest BCUT2D eigenvalue weighted by Gasteiger charge is -2.20. The number of hydrogen-bond acceptors (Lipinski definition) is 8. The maximum atomic E-state index is 13.4. The van der Waals surface area contributed by atoms with Crippen molar-refractivity contribution in [1.82, 2.24) is 14.5 Å². The molecule has 0 spiro atoms. The summed E-state index contributed by atoms with van der Waals surface area (Å²) in [6, 6.07) is 16.4. The van der Waals surface area contributed by atoms with Crippen LogP contribution in [0.25, 0.3) is 16.6 Å². The number of aliphatic imine (C=N–C) groups is 1. The van der Waals surface area contributed by atoms with Crippen LogP contribution in [0.4, 0.5) is 5.69 Å². The quantitative estimate of drug-likeness (QED) is 0.161. The number of aliphatic hydroxyl groups excluding tert-OH is 1. The Labute approximate surface area is 274 Å². The second kappa shape index (κ2) is 14.8. The zero-order chi connectivity index (χ0) is 32.8. The van der Waals surface area contributed by atoms with Gasteiger partial charge in [0.2, 0.25) is 0 Å². The van der Waals surface area contributed by atoms with Crippen molar-refractivity contribution >= 4 is 28.7 Å². The second-order valence-corrected chi connectivity index (χ2v) is 12.1. The van der Waals surface area contributed by atoms with Crippen molar-refractivity contribution in [3.05, 3.63) is 81.9 Å². The van der Waals surface area contributed by atoms with E-state index in [1.807, 2.05) is 48.4 Å². The molecule has 1 N–H and O–H groups in total. The van der Waals surface area contributed by atoms with Crippen LogP contribution in [0, 0.1) is 6.92 Å². The third-order valence-electron chi connectivity index (χ3n) is 8.91. The number of fused-ring (bicyclic) bond motifs is 3. The molecular weight excluding hydrogens is 596 g/mol. The molecule has 2 aliphatic rings. The first-order valence-corrected chi connectivity index (χ1v) is 16.5. The summed E-state index contributed by atoms with van der Waals surface area (Å²) in [4.78, 5) is 37.6. The molecule has 10 nitrogen and oxygen atoms in total. The summed E-state index contributed by atoms with van der Waals surface area (Å²) in [6.07, 6.45) is 9.98. The minimum absolute atomic E-state index is 0.00648. The van der Waals surface area contributed by atoms with Gasteiger partial charge in [0.05, 0.1) is 60.8 Å². The third-order valence-corrected chi connectivity index (χ3v) is 8.91. The molecule has 3 heterocycles. The number of hydrogen-bond donors (Lipinski definition) is 1. The van der Waals surface area contributed by atoms with Crippen LogP contribution in [0.2, 0.25) is 0 Å². The second-order valence-electron chi connectivity index (χ2n) is 12.1. The van der Waals surface area contributed by atoms with E-state index in [0.717, 1.165) is 63.5 Å². The third kappa shape index (κ3) is 7.17. The Hall–Kier alpha value is -4.70. The predicted octanol–water partition coefficient (Wildman–Crippen LogP) is 6.31. The average Bonchev–Trinajstić information content (AvgIpc) is 3.52. The number of carbonyl (C=O) groups is 1. The monoisotopic (exact) mass is 638 g/mol. The zero-order valence-electron chi connectivity index (χ0n) is 27.1. The summed E-state index contributed by atoms with van der Waals surface area (Å²) in [5, 5.41) is 9.84. The van der Waals surface area contributed by atoms with Crippen molar-refractivity contribution in [3.8, 4) is 22.9 Å². The van der Waals surface area contributed by atoms with Gasteiger partial charge in [0.1, 0.15) is 11.6 Å². The first kappa shape index (κ1) is 32.2. The van der Waals surface area contributed by atoms with Gasteiger partial charge in [-0.1, -0.05) is 37.8 Å². The number of carbonyl (C=O) groups excluding carboxylic acids is 1. The van der Waals surface area contributed by atoms with Gasteiger partial charge in [0, 0.05) is 18.8 Å². The smallest absolute Gasteiger partial charge is 0.266 e. The number of methoxy groups -OCH3 is 1. The number of ether oxygens (including phenoxy) is 3. The van der Waals surface area contributed by atoms with Gasteiger partial charge in [0.15, 0.2) is 11.5 Å². The molecule has 10 heteroatoms. The van der Waals surface area contributed by atoms with Crippen molar-refractivity contribution < 1.29 is 24.1 Å². The normalized spacial score (nSPS) is 15.4. The van der Waals surface area contributed by atoms with E-state index in [-0.39, 0.29) is 24.1 Å². The number of rotatable bonds is 14. The molecule has 0 bridgehead atoms. The lowest BCUT2D eigenvalue weighted by molar-refractivity contribution is 0.0774. The van der Waals surface area contributed by atoms with Crippen LogP contribution in [0.5, 0.6) is 17.2 Å². The average molecular weight is 639 g/mol. The number of aliphatic hydroxyl groups is 1. The predicted molar refractivity (Wildman–Crippen MR) is 182 cm³/mol. The topological polar surface area (TPSA) is 115 Å². The lowest BCUT2D eigenvalue weighted by atomic mass is 10.1. The van der Waals surface area contributed by atoms with E-state index >= 15 is 0 Å². The highest BCUT2D eigenvalue weighted by Crippen LogP contribution is 2.38. The number of aryl methyl sites for hydroxylation is 1. The number of aromatic nitrogens is 2. The summed E-state index contributed by atoms with van der Waals surface area (Å²) in [5.41, 5.74) is 3.18. The fourth-order valence-corrected chi connectivity index (χ4v) is 6.32. The van der Waals surface area contributed by atoms with Crippen LogP contribution in [-0.2, 0) is 6.61 Å². The SMILES string of the molecule is COc1cc2c(cc1OCCCCCCCCOc1ccc3nc(C)n(-c4ccc(CO)cc4)c(=O)c3c1)N=C[C@@H]1CCCN1C2=O. The molecule has 0 unspecified atom stereocenters. The van der Waals surface area contributed by atoms with Crippen LogP contribution in [0.1, 0.15) is 73.1 Å². The van der Waals surface area contributed by atoms with Crippen molar-refractivity contribution in [3.63, 3.8) is 0 Å². The Balaban J connectivity index is 0.930. The van der Waals surface area contributed by atoms with Crippen LogP contribution in [-0.4, -0.2) is 64.6 Å². The van der Waals surface area contributed by atoms with Gasteiger partial charge in [-0.3, -0.25) is 19.1 Å². The molecule has 4 aromatic rings. The number of amides is 1. The maximum Gasteiger partial charge on any atom is 0.266 e. The van der Waals surface area contributed by atoms with Gasteiger partial charge in [-0.25, -0.2) is 4.98 Å². The summed E-state index contributed by atoms with van der Waals surface area (Å²) in [6.45, 7) is 3.67. The Morgan fingerprint density at radius 2 is 1.64 bits per heavy atom. The highest BCUT2D eigenvalue weighted by atomic mass is 16.5. The first-order chi connectivity index (χ1) is 23.0. The van der Waals surface area contributed by atoms with Gasteiger partial charge in [0.25, 0.3) is 11.5 Å². The fraction of sp³-hybridized carbons (Fsp3) is 0.405. The van der Waals surface area contributed by atoms with E-state index in [4.69, 9.17) is 14.2 Å². The highest BCUT2D eigenvalue weighted by Gasteiger charge is 2.32. The molecule has 1 aromatic heterocycles. The van der Waals surface area contributed by atoms with Crippen molar-refractivity contribution in [1.29, 1.82) is 0 Å².